The highest BCUT2D eigenvalue weighted by Gasteiger charge is 2.27. The van der Waals surface area contributed by atoms with Crippen LogP contribution < -0.4 is 5.32 Å². The topological polar surface area (TPSA) is 42.7 Å². The van der Waals surface area contributed by atoms with E-state index in [1.165, 1.54) is 32.1 Å². The minimum atomic E-state index is 0.561. The van der Waals surface area contributed by atoms with Crippen molar-refractivity contribution in [2.45, 2.75) is 58.4 Å². The molecule has 0 spiro atoms. The van der Waals surface area contributed by atoms with E-state index in [-0.39, 0.29) is 0 Å². The molecule has 0 aliphatic heterocycles. The van der Waals surface area contributed by atoms with Gasteiger partial charge in [-0.1, -0.05) is 26.7 Å². The lowest BCUT2D eigenvalue weighted by Gasteiger charge is -2.33. The van der Waals surface area contributed by atoms with E-state index in [1.54, 1.807) is 6.33 Å². The van der Waals surface area contributed by atoms with E-state index in [4.69, 9.17) is 0 Å². The van der Waals surface area contributed by atoms with Crippen molar-refractivity contribution in [3.05, 3.63) is 12.2 Å². The summed E-state index contributed by atoms with van der Waals surface area (Å²) in [6, 6.07) is 0.561. The van der Waals surface area contributed by atoms with Gasteiger partial charge in [-0.2, -0.15) is 5.10 Å². The summed E-state index contributed by atoms with van der Waals surface area (Å²) in [4.78, 5) is 4.39. The second-order valence-electron chi connectivity index (χ2n) is 6.10. The molecule has 1 aromatic rings. The quantitative estimate of drug-likeness (QED) is 0.858. The van der Waals surface area contributed by atoms with Crippen LogP contribution in [0.1, 0.15) is 51.8 Å². The van der Waals surface area contributed by atoms with Gasteiger partial charge in [0, 0.05) is 19.5 Å². The maximum absolute atomic E-state index is 4.39. The molecule has 0 bridgehead atoms. The third kappa shape index (κ3) is 4.03. The van der Waals surface area contributed by atoms with E-state index in [2.05, 4.69) is 29.2 Å². The molecule has 4 heteroatoms. The number of nitrogens with zero attached hydrogens (tertiary/aromatic N) is 3. The maximum atomic E-state index is 4.39. The fourth-order valence-electron chi connectivity index (χ4n) is 3.28. The standard InChI is InChI=1S/C15H28N4/c1-4-8-16-14(10-15-17-11-18-19(15)3)13-7-5-6-12(2)9-13/h11-14,16H,4-10H2,1-3H3. The molecule has 108 valence electrons. The fraction of sp³-hybridized carbons (Fsp3) is 0.867. The molecule has 1 saturated carbocycles. The molecule has 1 aliphatic rings. The van der Waals surface area contributed by atoms with Crippen LogP contribution in [-0.2, 0) is 13.5 Å². The summed E-state index contributed by atoms with van der Waals surface area (Å²) in [6.07, 6.45) is 9.37. The molecule has 1 aliphatic carbocycles. The molecule has 3 atom stereocenters. The Morgan fingerprint density at radius 3 is 2.95 bits per heavy atom. The molecule has 1 aromatic heterocycles. The summed E-state index contributed by atoms with van der Waals surface area (Å²) < 4.78 is 1.91. The minimum absolute atomic E-state index is 0.561. The van der Waals surface area contributed by atoms with Crippen molar-refractivity contribution >= 4 is 0 Å². The molecule has 19 heavy (non-hydrogen) atoms. The first-order valence-corrected chi connectivity index (χ1v) is 7.77. The summed E-state index contributed by atoms with van der Waals surface area (Å²) >= 11 is 0. The Morgan fingerprint density at radius 1 is 1.47 bits per heavy atom. The van der Waals surface area contributed by atoms with Crippen LogP contribution in [0.5, 0.6) is 0 Å². The first-order valence-electron chi connectivity index (χ1n) is 7.77. The Hall–Kier alpha value is -0.900. The van der Waals surface area contributed by atoms with E-state index >= 15 is 0 Å². The lowest BCUT2D eigenvalue weighted by molar-refractivity contribution is 0.218. The zero-order valence-electron chi connectivity index (χ0n) is 12.6. The number of aryl methyl sites for hydroxylation is 1. The monoisotopic (exact) mass is 264 g/mol. The van der Waals surface area contributed by atoms with Crippen LogP contribution in [0.4, 0.5) is 0 Å². The smallest absolute Gasteiger partial charge is 0.138 e. The van der Waals surface area contributed by atoms with Gasteiger partial charge in [0.2, 0.25) is 0 Å². The van der Waals surface area contributed by atoms with Gasteiger partial charge in [0.15, 0.2) is 0 Å². The van der Waals surface area contributed by atoms with Crippen LogP contribution >= 0.6 is 0 Å². The minimum Gasteiger partial charge on any atom is -0.313 e. The summed E-state index contributed by atoms with van der Waals surface area (Å²) in [5, 5.41) is 7.93. The van der Waals surface area contributed by atoms with E-state index in [0.717, 1.165) is 30.6 Å². The van der Waals surface area contributed by atoms with Crippen LogP contribution in [0, 0.1) is 11.8 Å². The molecule has 3 unspecified atom stereocenters. The van der Waals surface area contributed by atoms with Gasteiger partial charge >= 0.3 is 0 Å². The molecule has 1 fully saturated rings. The Morgan fingerprint density at radius 2 is 2.32 bits per heavy atom. The molecule has 0 radical (unpaired) electrons. The van der Waals surface area contributed by atoms with Gasteiger partial charge < -0.3 is 5.32 Å². The molecule has 0 saturated heterocycles. The Balaban J connectivity index is 2.00. The van der Waals surface area contributed by atoms with E-state index in [0.29, 0.717) is 6.04 Å². The number of hydrogen-bond acceptors (Lipinski definition) is 3. The zero-order valence-corrected chi connectivity index (χ0v) is 12.6. The van der Waals surface area contributed by atoms with Crippen molar-refractivity contribution < 1.29 is 0 Å². The van der Waals surface area contributed by atoms with Crippen molar-refractivity contribution in [1.82, 2.24) is 20.1 Å². The maximum Gasteiger partial charge on any atom is 0.138 e. The van der Waals surface area contributed by atoms with Gasteiger partial charge in [-0.05, 0) is 37.6 Å². The molecule has 1 N–H and O–H groups in total. The van der Waals surface area contributed by atoms with Gasteiger partial charge in [-0.25, -0.2) is 4.98 Å². The highest BCUT2D eigenvalue weighted by molar-refractivity contribution is 4.93. The van der Waals surface area contributed by atoms with Crippen molar-refractivity contribution in [2.75, 3.05) is 6.54 Å². The van der Waals surface area contributed by atoms with Crippen LogP contribution in [-0.4, -0.2) is 27.4 Å². The molecule has 0 amide bonds. The summed E-state index contributed by atoms with van der Waals surface area (Å²) in [5.74, 6) is 2.78. The third-order valence-corrected chi connectivity index (χ3v) is 4.41. The first kappa shape index (κ1) is 14.5. The number of aromatic nitrogens is 3. The lowest BCUT2D eigenvalue weighted by atomic mass is 9.77. The largest absolute Gasteiger partial charge is 0.313 e. The van der Waals surface area contributed by atoms with Crippen molar-refractivity contribution in [1.29, 1.82) is 0 Å². The second-order valence-corrected chi connectivity index (χ2v) is 6.10. The van der Waals surface area contributed by atoms with Crippen molar-refractivity contribution in [3.63, 3.8) is 0 Å². The van der Waals surface area contributed by atoms with Gasteiger partial charge in [0.1, 0.15) is 12.2 Å². The summed E-state index contributed by atoms with van der Waals surface area (Å²) in [7, 11) is 1.99. The Labute approximate surface area is 117 Å². The van der Waals surface area contributed by atoms with Crippen molar-refractivity contribution in [2.24, 2.45) is 18.9 Å². The second kappa shape index (κ2) is 7.04. The van der Waals surface area contributed by atoms with Gasteiger partial charge in [-0.15, -0.1) is 0 Å². The van der Waals surface area contributed by atoms with Gasteiger partial charge in [0.05, 0.1) is 0 Å². The molecular formula is C15H28N4. The predicted molar refractivity (Wildman–Crippen MR) is 77.9 cm³/mol. The van der Waals surface area contributed by atoms with Crippen molar-refractivity contribution in [3.8, 4) is 0 Å². The van der Waals surface area contributed by atoms with Gasteiger partial charge in [-0.3, -0.25) is 4.68 Å². The normalized spacial score (nSPS) is 25.4. The van der Waals surface area contributed by atoms with E-state index in [9.17, 15) is 0 Å². The Bertz CT molecular complexity index is 374. The molecule has 4 nitrogen and oxygen atoms in total. The lowest BCUT2D eigenvalue weighted by Crippen LogP contribution is -2.41. The van der Waals surface area contributed by atoms with E-state index < -0.39 is 0 Å². The Kier molecular flexibility index (Phi) is 5.37. The van der Waals surface area contributed by atoms with Gasteiger partial charge in [0.25, 0.3) is 0 Å². The fourth-order valence-corrected chi connectivity index (χ4v) is 3.28. The SMILES string of the molecule is CCCNC(Cc1ncnn1C)C1CCCC(C)C1. The molecular weight excluding hydrogens is 236 g/mol. The number of rotatable bonds is 6. The molecule has 1 heterocycles. The summed E-state index contributed by atoms with van der Waals surface area (Å²) in [5.41, 5.74) is 0. The highest BCUT2D eigenvalue weighted by atomic mass is 15.3. The molecule has 2 rings (SSSR count). The van der Waals surface area contributed by atoms with Crippen LogP contribution in [0.3, 0.4) is 0 Å². The predicted octanol–water partition coefficient (Wildman–Crippen LogP) is 2.55. The third-order valence-electron chi connectivity index (χ3n) is 4.41. The van der Waals surface area contributed by atoms with Crippen LogP contribution in [0.25, 0.3) is 0 Å². The average Bonchev–Trinajstić information content (AvgIpc) is 2.80. The summed E-state index contributed by atoms with van der Waals surface area (Å²) in [6.45, 7) is 5.73. The van der Waals surface area contributed by atoms with Crippen LogP contribution in [0.15, 0.2) is 6.33 Å². The highest BCUT2D eigenvalue weighted by Crippen LogP contribution is 2.31. The van der Waals surface area contributed by atoms with Crippen LogP contribution in [0.2, 0.25) is 0 Å². The first-order chi connectivity index (χ1) is 9.20. The average molecular weight is 264 g/mol. The van der Waals surface area contributed by atoms with E-state index in [1.807, 2.05) is 11.7 Å². The number of nitrogens with one attached hydrogen (secondary N) is 1. The molecule has 0 aromatic carbocycles. The zero-order chi connectivity index (χ0) is 13.7. The number of hydrogen-bond donors (Lipinski definition) is 1.